The smallest absolute Gasteiger partial charge is 0.151 e. The molecule has 1 aromatic heterocycles. The summed E-state index contributed by atoms with van der Waals surface area (Å²) in [5.41, 5.74) is 0.966. The second kappa shape index (κ2) is 8.22. The standard InChI is InChI=1S/C12H23N3O2/c1-4-5-13-9-11-8-12(17-14-11)10-15(2)6-7-16-3/h8,13H,4-7,9-10H2,1-3H3. The van der Waals surface area contributed by atoms with Crippen molar-refractivity contribution in [2.45, 2.75) is 26.4 Å². The van der Waals surface area contributed by atoms with Crippen LogP contribution in [0.15, 0.2) is 10.6 Å². The van der Waals surface area contributed by atoms with E-state index in [1.54, 1.807) is 7.11 Å². The molecule has 1 heterocycles. The summed E-state index contributed by atoms with van der Waals surface area (Å²) in [6.07, 6.45) is 1.13. The van der Waals surface area contributed by atoms with Crippen molar-refractivity contribution in [2.75, 3.05) is 33.9 Å². The van der Waals surface area contributed by atoms with E-state index in [0.29, 0.717) is 0 Å². The van der Waals surface area contributed by atoms with E-state index in [1.165, 1.54) is 0 Å². The topological polar surface area (TPSA) is 50.5 Å². The van der Waals surface area contributed by atoms with Gasteiger partial charge in [0.15, 0.2) is 5.76 Å². The summed E-state index contributed by atoms with van der Waals surface area (Å²) in [5, 5.41) is 7.32. The molecule has 1 rings (SSSR count). The van der Waals surface area contributed by atoms with E-state index < -0.39 is 0 Å². The van der Waals surface area contributed by atoms with E-state index in [4.69, 9.17) is 9.26 Å². The Hall–Kier alpha value is -0.910. The van der Waals surface area contributed by atoms with Crippen LogP contribution in [0, 0.1) is 0 Å². The molecule has 17 heavy (non-hydrogen) atoms. The molecule has 0 bridgehead atoms. The summed E-state index contributed by atoms with van der Waals surface area (Å²) in [6, 6.07) is 2.01. The summed E-state index contributed by atoms with van der Waals surface area (Å²) in [7, 11) is 3.75. The van der Waals surface area contributed by atoms with Gasteiger partial charge in [0.05, 0.1) is 18.8 Å². The van der Waals surface area contributed by atoms with Crippen molar-refractivity contribution < 1.29 is 9.26 Å². The number of methoxy groups -OCH3 is 1. The number of hydrogen-bond donors (Lipinski definition) is 1. The lowest BCUT2D eigenvalue weighted by molar-refractivity contribution is 0.153. The SMILES string of the molecule is CCCNCc1cc(CN(C)CCOC)on1. The highest BCUT2D eigenvalue weighted by Crippen LogP contribution is 2.06. The molecule has 98 valence electrons. The maximum Gasteiger partial charge on any atom is 0.151 e. The molecule has 0 fully saturated rings. The van der Waals surface area contributed by atoms with Crippen molar-refractivity contribution >= 4 is 0 Å². The first-order valence-electron chi connectivity index (χ1n) is 6.09. The Bertz CT molecular complexity index is 302. The summed E-state index contributed by atoms with van der Waals surface area (Å²) in [4.78, 5) is 2.15. The number of nitrogens with one attached hydrogen (secondary N) is 1. The molecule has 1 aromatic rings. The van der Waals surface area contributed by atoms with Crippen LogP contribution in [0.3, 0.4) is 0 Å². The highest BCUT2D eigenvalue weighted by molar-refractivity contribution is 5.04. The predicted molar refractivity (Wildman–Crippen MR) is 66.7 cm³/mol. The van der Waals surface area contributed by atoms with Crippen molar-refractivity contribution in [3.63, 3.8) is 0 Å². The highest BCUT2D eigenvalue weighted by atomic mass is 16.5. The molecule has 0 aliphatic heterocycles. The molecular weight excluding hydrogens is 218 g/mol. The first-order chi connectivity index (χ1) is 8.26. The molecule has 0 spiro atoms. The molecule has 0 saturated heterocycles. The average molecular weight is 241 g/mol. The Kier molecular flexibility index (Phi) is 6.84. The summed E-state index contributed by atoms with van der Waals surface area (Å²) in [6.45, 7) is 6.32. The Balaban J connectivity index is 2.29. The van der Waals surface area contributed by atoms with Crippen LogP contribution in [-0.4, -0.2) is 43.9 Å². The lowest BCUT2D eigenvalue weighted by atomic mass is 10.3. The van der Waals surface area contributed by atoms with Gasteiger partial charge in [-0.15, -0.1) is 0 Å². The molecule has 0 saturated carbocycles. The van der Waals surface area contributed by atoms with Crippen LogP contribution in [0.1, 0.15) is 24.8 Å². The van der Waals surface area contributed by atoms with Gasteiger partial charge < -0.3 is 14.6 Å². The maximum absolute atomic E-state index is 5.27. The first-order valence-corrected chi connectivity index (χ1v) is 6.09. The van der Waals surface area contributed by atoms with E-state index in [-0.39, 0.29) is 0 Å². The van der Waals surface area contributed by atoms with E-state index in [2.05, 4.69) is 22.3 Å². The summed E-state index contributed by atoms with van der Waals surface area (Å²) >= 11 is 0. The van der Waals surface area contributed by atoms with E-state index in [9.17, 15) is 0 Å². The highest BCUT2D eigenvalue weighted by Gasteiger charge is 2.06. The number of ether oxygens (including phenoxy) is 1. The maximum atomic E-state index is 5.27. The largest absolute Gasteiger partial charge is 0.383 e. The molecule has 5 nitrogen and oxygen atoms in total. The minimum Gasteiger partial charge on any atom is -0.383 e. The predicted octanol–water partition coefficient (Wildman–Crippen LogP) is 1.25. The fourth-order valence-corrected chi connectivity index (χ4v) is 1.50. The number of nitrogens with zero attached hydrogens (tertiary/aromatic N) is 2. The second-order valence-electron chi connectivity index (χ2n) is 4.19. The van der Waals surface area contributed by atoms with Crippen LogP contribution < -0.4 is 5.32 Å². The van der Waals surface area contributed by atoms with Gasteiger partial charge in [-0.2, -0.15) is 0 Å². The van der Waals surface area contributed by atoms with Gasteiger partial charge in [-0.25, -0.2) is 0 Å². The quantitative estimate of drug-likeness (QED) is 0.659. The Morgan fingerprint density at radius 1 is 1.53 bits per heavy atom. The fourth-order valence-electron chi connectivity index (χ4n) is 1.50. The van der Waals surface area contributed by atoms with E-state index in [0.717, 1.165) is 50.7 Å². The fraction of sp³-hybridized carbons (Fsp3) is 0.750. The average Bonchev–Trinajstić information content (AvgIpc) is 2.74. The van der Waals surface area contributed by atoms with Crippen molar-refractivity contribution in [1.82, 2.24) is 15.4 Å². The third-order valence-electron chi connectivity index (χ3n) is 2.44. The lowest BCUT2D eigenvalue weighted by Gasteiger charge is -2.13. The van der Waals surface area contributed by atoms with Crippen LogP contribution in [0.2, 0.25) is 0 Å². The molecule has 0 aliphatic rings. The molecule has 5 heteroatoms. The Morgan fingerprint density at radius 2 is 2.35 bits per heavy atom. The van der Waals surface area contributed by atoms with Crippen LogP contribution in [0.25, 0.3) is 0 Å². The zero-order chi connectivity index (χ0) is 12.5. The summed E-state index contributed by atoms with van der Waals surface area (Å²) in [5.74, 6) is 0.900. The molecule has 0 amide bonds. The Morgan fingerprint density at radius 3 is 3.06 bits per heavy atom. The van der Waals surface area contributed by atoms with Crippen LogP contribution >= 0.6 is 0 Å². The van der Waals surface area contributed by atoms with Crippen LogP contribution in [-0.2, 0) is 17.8 Å². The molecule has 0 unspecified atom stereocenters. The van der Waals surface area contributed by atoms with Gasteiger partial charge in [0, 0.05) is 26.3 Å². The molecule has 0 radical (unpaired) electrons. The van der Waals surface area contributed by atoms with E-state index in [1.807, 2.05) is 13.1 Å². The van der Waals surface area contributed by atoms with Gasteiger partial charge >= 0.3 is 0 Å². The minimum atomic E-state index is 0.732. The molecular formula is C12H23N3O2. The molecule has 0 aliphatic carbocycles. The minimum absolute atomic E-state index is 0.732. The van der Waals surface area contributed by atoms with Crippen molar-refractivity contribution in [3.05, 3.63) is 17.5 Å². The van der Waals surface area contributed by atoms with Crippen LogP contribution in [0.5, 0.6) is 0 Å². The van der Waals surface area contributed by atoms with Gasteiger partial charge in [-0.05, 0) is 20.0 Å². The lowest BCUT2D eigenvalue weighted by Crippen LogP contribution is -2.22. The summed E-state index contributed by atoms with van der Waals surface area (Å²) < 4.78 is 10.3. The van der Waals surface area contributed by atoms with Gasteiger partial charge in [-0.3, -0.25) is 4.90 Å². The molecule has 1 N–H and O–H groups in total. The number of likely N-dealkylation sites (N-methyl/N-ethyl adjacent to an activating group) is 1. The van der Waals surface area contributed by atoms with Gasteiger partial charge in [-0.1, -0.05) is 12.1 Å². The van der Waals surface area contributed by atoms with Gasteiger partial charge in [0.25, 0.3) is 0 Å². The zero-order valence-electron chi connectivity index (χ0n) is 11.0. The number of aromatic nitrogens is 1. The molecule has 0 atom stereocenters. The van der Waals surface area contributed by atoms with Crippen molar-refractivity contribution in [1.29, 1.82) is 0 Å². The number of hydrogen-bond acceptors (Lipinski definition) is 5. The molecule has 0 aromatic carbocycles. The van der Waals surface area contributed by atoms with Gasteiger partial charge in [0.2, 0.25) is 0 Å². The second-order valence-corrected chi connectivity index (χ2v) is 4.19. The number of rotatable bonds is 9. The van der Waals surface area contributed by atoms with Gasteiger partial charge in [0.1, 0.15) is 0 Å². The Labute approximate surface area is 103 Å². The first kappa shape index (κ1) is 14.2. The third-order valence-corrected chi connectivity index (χ3v) is 2.44. The van der Waals surface area contributed by atoms with E-state index >= 15 is 0 Å². The van der Waals surface area contributed by atoms with Crippen LogP contribution in [0.4, 0.5) is 0 Å². The third kappa shape index (κ3) is 5.81. The monoisotopic (exact) mass is 241 g/mol. The zero-order valence-corrected chi connectivity index (χ0v) is 11.0. The van der Waals surface area contributed by atoms with Crippen molar-refractivity contribution in [2.24, 2.45) is 0 Å². The normalized spacial score (nSPS) is 11.3. The van der Waals surface area contributed by atoms with Crippen molar-refractivity contribution in [3.8, 4) is 0 Å².